The molecule has 0 atom stereocenters. The summed E-state index contributed by atoms with van der Waals surface area (Å²) in [5, 5.41) is 2.56. The van der Waals surface area contributed by atoms with Gasteiger partial charge < -0.3 is 4.98 Å². The van der Waals surface area contributed by atoms with Crippen molar-refractivity contribution in [2.45, 2.75) is 46.0 Å². The van der Waals surface area contributed by atoms with Crippen LogP contribution >= 0.6 is 0 Å². The predicted octanol–water partition coefficient (Wildman–Crippen LogP) is 5.65. The van der Waals surface area contributed by atoms with Gasteiger partial charge in [-0.25, -0.2) is 4.98 Å². The summed E-state index contributed by atoms with van der Waals surface area (Å²) in [5.41, 5.74) is 3.83. The van der Waals surface area contributed by atoms with E-state index in [9.17, 15) is 0 Å². The van der Waals surface area contributed by atoms with Gasteiger partial charge in [-0.3, -0.25) is 0 Å². The molecule has 3 aromatic rings. The van der Waals surface area contributed by atoms with E-state index in [0.29, 0.717) is 5.92 Å². The van der Waals surface area contributed by atoms with Crippen molar-refractivity contribution < 1.29 is 0 Å². The molecular weight excluding hydrogens is 268 g/mol. The minimum Gasteiger partial charge on any atom is -0.342 e. The van der Waals surface area contributed by atoms with Gasteiger partial charge in [-0.15, -0.1) is 0 Å². The second-order valence-corrected chi connectivity index (χ2v) is 7.36. The Bertz CT molecular complexity index is 804. The standard InChI is InChI=1S/C20H24N2/c1-13(2)19-21-12-18(22-19)16-7-6-15-11-17(20(3,4)5)9-8-14(15)10-16/h6-13H,1-5H3,(H,21,22). The van der Waals surface area contributed by atoms with E-state index >= 15 is 0 Å². The van der Waals surface area contributed by atoms with E-state index in [-0.39, 0.29) is 5.41 Å². The molecule has 0 aliphatic heterocycles. The molecule has 0 radical (unpaired) electrons. The molecule has 22 heavy (non-hydrogen) atoms. The molecule has 2 nitrogen and oxygen atoms in total. The first-order chi connectivity index (χ1) is 10.3. The highest BCUT2D eigenvalue weighted by Crippen LogP contribution is 2.29. The Morgan fingerprint density at radius 1 is 0.955 bits per heavy atom. The van der Waals surface area contributed by atoms with Crippen molar-refractivity contribution in [3.63, 3.8) is 0 Å². The number of nitrogens with zero attached hydrogens (tertiary/aromatic N) is 1. The Hall–Kier alpha value is -2.09. The van der Waals surface area contributed by atoms with Crippen molar-refractivity contribution in [3.8, 4) is 11.3 Å². The van der Waals surface area contributed by atoms with Gasteiger partial charge in [0.15, 0.2) is 0 Å². The zero-order valence-corrected chi connectivity index (χ0v) is 14.1. The van der Waals surface area contributed by atoms with Crippen LogP contribution in [0.4, 0.5) is 0 Å². The van der Waals surface area contributed by atoms with E-state index in [0.717, 1.165) is 11.5 Å². The van der Waals surface area contributed by atoms with E-state index in [1.165, 1.54) is 21.9 Å². The van der Waals surface area contributed by atoms with Crippen LogP contribution in [0.3, 0.4) is 0 Å². The van der Waals surface area contributed by atoms with Gasteiger partial charge in [0.2, 0.25) is 0 Å². The van der Waals surface area contributed by atoms with E-state index in [1.807, 2.05) is 6.20 Å². The van der Waals surface area contributed by atoms with E-state index in [2.05, 4.69) is 81.0 Å². The number of rotatable bonds is 2. The molecule has 0 saturated heterocycles. The quantitative estimate of drug-likeness (QED) is 0.649. The molecule has 1 N–H and O–H groups in total. The second-order valence-electron chi connectivity index (χ2n) is 7.36. The molecule has 0 fully saturated rings. The topological polar surface area (TPSA) is 28.7 Å². The Morgan fingerprint density at radius 2 is 1.64 bits per heavy atom. The number of H-pyrrole nitrogens is 1. The fourth-order valence-corrected chi connectivity index (χ4v) is 2.66. The van der Waals surface area contributed by atoms with E-state index < -0.39 is 0 Å². The lowest BCUT2D eigenvalue weighted by Gasteiger charge is -2.19. The highest BCUT2D eigenvalue weighted by Gasteiger charge is 2.14. The van der Waals surface area contributed by atoms with Crippen molar-refractivity contribution in [1.29, 1.82) is 0 Å². The summed E-state index contributed by atoms with van der Waals surface area (Å²) in [6, 6.07) is 13.4. The number of nitrogens with one attached hydrogen (secondary N) is 1. The fourth-order valence-electron chi connectivity index (χ4n) is 2.66. The first kappa shape index (κ1) is 14.8. The molecule has 0 spiro atoms. The van der Waals surface area contributed by atoms with Crippen molar-refractivity contribution >= 4 is 10.8 Å². The van der Waals surface area contributed by atoms with Gasteiger partial charge in [0, 0.05) is 11.5 Å². The van der Waals surface area contributed by atoms with E-state index in [4.69, 9.17) is 0 Å². The molecule has 0 bridgehead atoms. The average molecular weight is 292 g/mol. The molecule has 1 heterocycles. The third kappa shape index (κ3) is 2.78. The Kier molecular flexibility index (Phi) is 3.56. The zero-order chi connectivity index (χ0) is 15.9. The normalized spacial score (nSPS) is 12.3. The molecule has 0 saturated carbocycles. The van der Waals surface area contributed by atoms with Gasteiger partial charge in [0.25, 0.3) is 0 Å². The molecule has 0 aliphatic carbocycles. The third-order valence-electron chi connectivity index (χ3n) is 4.16. The smallest absolute Gasteiger partial charge is 0.109 e. The number of fused-ring (bicyclic) bond motifs is 1. The van der Waals surface area contributed by atoms with Crippen molar-refractivity contribution in [3.05, 3.63) is 54.0 Å². The lowest BCUT2D eigenvalue weighted by atomic mass is 9.86. The highest BCUT2D eigenvalue weighted by molar-refractivity contribution is 5.87. The van der Waals surface area contributed by atoms with Crippen molar-refractivity contribution in [1.82, 2.24) is 9.97 Å². The molecule has 0 aliphatic rings. The maximum atomic E-state index is 4.46. The predicted molar refractivity (Wildman–Crippen MR) is 94.3 cm³/mol. The van der Waals surface area contributed by atoms with Gasteiger partial charge in [-0.05, 0) is 27.8 Å². The second kappa shape index (κ2) is 5.28. The summed E-state index contributed by atoms with van der Waals surface area (Å²) in [6.07, 6.45) is 1.93. The summed E-state index contributed by atoms with van der Waals surface area (Å²) >= 11 is 0. The van der Waals surface area contributed by atoms with Crippen LogP contribution in [-0.2, 0) is 5.41 Å². The molecular formula is C20H24N2. The first-order valence-corrected chi connectivity index (χ1v) is 7.94. The molecule has 2 heteroatoms. The van der Waals surface area contributed by atoms with Crippen molar-refractivity contribution in [2.24, 2.45) is 0 Å². The number of hydrogen-bond donors (Lipinski definition) is 1. The van der Waals surface area contributed by atoms with Crippen LogP contribution in [0.15, 0.2) is 42.6 Å². The summed E-state index contributed by atoms with van der Waals surface area (Å²) < 4.78 is 0. The Morgan fingerprint density at radius 3 is 2.27 bits per heavy atom. The number of aromatic nitrogens is 2. The lowest BCUT2D eigenvalue weighted by Crippen LogP contribution is -2.10. The summed E-state index contributed by atoms with van der Waals surface area (Å²) in [5.74, 6) is 1.46. The summed E-state index contributed by atoms with van der Waals surface area (Å²) in [7, 11) is 0. The molecule has 2 aromatic carbocycles. The highest BCUT2D eigenvalue weighted by atomic mass is 14.9. The van der Waals surface area contributed by atoms with Gasteiger partial charge in [-0.2, -0.15) is 0 Å². The largest absolute Gasteiger partial charge is 0.342 e. The van der Waals surface area contributed by atoms with Crippen LogP contribution in [0.1, 0.15) is 51.9 Å². The van der Waals surface area contributed by atoms with Gasteiger partial charge in [0.1, 0.15) is 5.82 Å². The van der Waals surface area contributed by atoms with Crippen LogP contribution < -0.4 is 0 Å². The molecule has 0 amide bonds. The maximum Gasteiger partial charge on any atom is 0.109 e. The SMILES string of the molecule is CC(C)c1ncc(-c2ccc3cc(C(C)(C)C)ccc3c2)[nH]1. The maximum absolute atomic E-state index is 4.46. The van der Waals surface area contributed by atoms with Crippen LogP contribution in [0.25, 0.3) is 22.0 Å². The van der Waals surface area contributed by atoms with Gasteiger partial charge >= 0.3 is 0 Å². The van der Waals surface area contributed by atoms with Crippen LogP contribution in [0.5, 0.6) is 0 Å². The molecule has 1 aromatic heterocycles. The minimum atomic E-state index is 0.183. The molecule has 114 valence electrons. The fraction of sp³-hybridized carbons (Fsp3) is 0.350. The average Bonchev–Trinajstić information content (AvgIpc) is 2.95. The summed E-state index contributed by atoms with van der Waals surface area (Å²) in [6.45, 7) is 11.1. The van der Waals surface area contributed by atoms with Crippen LogP contribution in [0.2, 0.25) is 0 Å². The van der Waals surface area contributed by atoms with Gasteiger partial charge in [-0.1, -0.05) is 65.0 Å². The molecule has 0 unspecified atom stereocenters. The number of hydrogen-bond acceptors (Lipinski definition) is 1. The van der Waals surface area contributed by atoms with Gasteiger partial charge in [0.05, 0.1) is 11.9 Å². The molecule has 3 rings (SSSR count). The minimum absolute atomic E-state index is 0.183. The Balaban J connectivity index is 2.02. The summed E-state index contributed by atoms with van der Waals surface area (Å²) in [4.78, 5) is 7.88. The zero-order valence-electron chi connectivity index (χ0n) is 14.1. The van der Waals surface area contributed by atoms with Crippen LogP contribution in [-0.4, -0.2) is 9.97 Å². The number of imidazole rings is 1. The van der Waals surface area contributed by atoms with Crippen molar-refractivity contribution in [2.75, 3.05) is 0 Å². The lowest BCUT2D eigenvalue weighted by molar-refractivity contribution is 0.591. The first-order valence-electron chi connectivity index (χ1n) is 7.94. The Labute approximate surface area is 132 Å². The van der Waals surface area contributed by atoms with Crippen LogP contribution in [0, 0.1) is 0 Å². The van der Waals surface area contributed by atoms with E-state index in [1.54, 1.807) is 0 Å². The third-order valence-corrected chi connectivity index (χ3v) is 4.16. The monoisotopic (exact) mass is 292 g/mol. The number of aromatic amines is 1. The number of benzene rings is 2.